The van der Waals surface area contributed by atoms with Crippen LogP contribution in [-0.2, 0) is 11.2 Å². The van der Waals surface area contributed by atoms with E-state index in [1.807, 2.05) is 49.5 Å². The van der Waals surface area contributed by atoms with Gasteiger partial charge in [0.25, 0.3) is 0 Å². The van der Waals surface area contributed by atoms with Crippen molar-refractivity contribution in [1.82, 2.24) is 10.3 Å². The minimum Gasteiger partial charge on any atom is -0.361 e. The van der Waals surface area contributed by atoms with Gasteiger partial charge < -0.3 is 10.3 Å². The molecule has 1 atom stereocenters. The van der Waals surface area contributed by atoms with Crippen LogP contribution in [0.5, 0.6) is 0 Å². The molecule has 0 radical (unpaired) electrons. The number of hydrogen-bond acceptors (Lipinski definition) is 1. The number of carbonyl (C=O) groups is 1. The lowest BCUT2D eigenvalue weighted by Gasteiger charge is -2.14. The fourth-order valence-corrected chi connectivity index (χ4v) is 3.19. The number of aryl methyl sites for hydroxylation is 1. The number of benzene rings is 2. The fourth-order valence-electron chi connectivity index (χ4n) is 2.93. The predicted molar refractivity (Wildman–Crippen MR) is 102 cm³/mol. The van der Waals surface area contributed by atoms with Gasteiger partial charge in [-0.2, -0.15) is 0 Å². The number of halogens is 1. The van der Waals surface area contributed by atoms with Gasteiger partial charge in [0.2, 0.25) is 5.91 Å². The molecule has 0 saturated heterocycles. The third kappa shape index (κ3) is 4.06. The maximum absolute atomic E-state index is 12.2. The van der Waals surface area contributed by atoms with Gasteiger partial charge >= 0.3 is 0 Å². The molecular weight excluding hydrogens is 364 g/mol. The molecule has 1 unspecified atom stereocenters. The molecule has 2 aromatic carbocycles. The smallest absolute Gasteiger partial charge is 0.220 e. The van der Waals surface area contributed by atoms with Gasteiger partial charge in [-0.15, -0.1) is 0 Å². The highest BCUT2D eigenvalue weighted by atomic mass is 79.9. The van der Waals surface area contributed by atoms with Gasteiger partial charge in [-0.1, -0.05) is 46.3 Å². The summed E-state index contributed by atoms with van der Waals surface area (Å²) in [6.07, 6.45) is 4.35. The van der Waals surface area contributed by atoms with Crippen molar-refractivity contribution in [3.8, 4) is 0 Å². The van der Waals surface area contributed by atoms with Crippen LogP contribution in [0.15, 0.2) is 59.2 Å². The number of nitrogens with one attached hydrogen (secondary N) is 2. The lowest BCUT2D eigenvalue weighted by Crippen LogP contribution is -2.26. The van der Waals surface area contributed by atoms with Crippen LogP contribution in [0.25, 0.3) is 10.9 Å². The summed E-state index contributed by atoms with van der Waals surface area (Å²) in [6, 6.07) is 16.3. The van der Waals surface area contributed by atoms with E-state index in [2.05, 4.69) is 38.4 Å². The molecule has 3 nitrogen and oxygen atoms in total. The van der Waals surface area contributed by atoms with Crippen molar-refractivity contribution in [3.05, 3.63) is 70.3 Å². The Morgan fingerprint density at radius 1 is 1.17 bits per heavy atom. The molecule has 1 heterocycles. The maximum atomic E-state index is 12.2. The molecule has 4 heteroatoms. The van der Waals surface area contributed by atoms with Crippen LogP contribution in [-0.4, -0.2) is 10.9 Å². The number of amides is 1. The van der Waals surface area contributed by atoms with Crippen LogP contribution in [0.2, 0.25) is 0 Å². The summed E-state index contributed by atoms with van der Waals surface area (Å²) in [5.41, 5.74) is 3.54. The van der Waals surface area contributed by atoms with Gasteiger partial charge in [0.1, 0.15) is 0 Å². The Morgan fingerprint density at radius 3 is 2.71 bits per heavy atom. The molecule has 0 fully saturated rings. The van der Waals surface area contributed by atoms with Crippen molar-refractivity contribution in [2.24, 2.45) is 0 Å². The third-order valence-corrected chi connectivity index (χ3v) is 4.80. The van der Waals surface area contributed by atoms with Crippen LogP contribution in [0.3, 0.4) is 0 Å². The Morgan fingerprint density at radius 2 is 1.92 bits per heavy atom. The standard InChI is InChI=1S/C20H21BrN2O/c1-14(15-9-11-17(21)12-10-15)23-20(24)8-4-5-16-13-22-19-7-3-2-6-18(16)19/h2-3,6-7,9-14,22H,4-5,8H2,1H3,(H,23,24). The lowest BCUT2D eigenvalue weighted by atomic mass is 10.1. The molecule has 0 aliphatic heterocycles. The van der Waals surface area contributed by atoms with Gasteiger partial charge in [-0.05, 0) is 49.1 Å². The monoisotopic (exact) mass is 384 g/mol. The van der Waals surface area contributed by atoms with Gasteiger partial charge in [-0.3, -0.25) is 4.79 Å². The Kier molecular flexibility index (Phi) is 5.36. The van der Waals surface area contributed by atoms with E-state index in [9.17, 15) is 4.79 Å². The molecule has 1 aromatic heterocycles. The molecule has 0 saturated carbocycles. The summed E-state index contributed by atoms with van der Waals surface area (Å²) >= 11 is 3.43. The van der Waals surface area contributed by atoms with Crippen LogP contribution in [0.4, 0.5) is 0 Å². The first-order chi connectivity index (χ1) is 11.6. The van der Waals surface area contributed by atoms with E-state index >= 15 is 0 Å². The third-order valence-electron chi connectivity index (χ3n) is 4.27. The van der Waals surface area contributed by atoms with E-state index in [-0.39, 0.29) is 11.9 Å². The Balaban J connectivity index is 1.49. The second-order valence-corrected chi connectivity index (χ2v) is 6.97. The number of aromatic amines is 1. The minimum atomic E-state index is 0.0266. The maximum Gasteiger partial charge on any atom is 0.220 e. The topological polar surface area (TPSA) is 44.9 Å². The summed E-state index contributed by atoms with van der Waals surface area (Å²) < 4.78 is 1.04. The molecule has 124 valence electrons. The van der Waals surface area contributed by atoms with E-state index in [0.29, 0.717) is 6.42 Å². The average molecular weight is 385 g/mol. The molecule has 1 amide bonds. The van der Waals surface area contributed by atoms with Crippen molar-refractivity contribution in [3.63, 3.8) is 0 Å². The molecular formula is C20H21BrN2O. The molecule has 2 N–H and O–H groups in total. The number of carbonyl (C=O) groups excluding carboxylic acids is 1. The highest BCUT2D eigenvalue weighted by molar-refractivity contribution is 9.10. The molecule has 0 bridgehead atoms. The van der Waals surface area contributed by atoms with E-state index < -0.39 is 0 Å². The molecule has 0 spiro atoms. The van der Waals surface area contributed by atoms with E-state index in [1.54, 1.807) is 0 Å². The average Bonchev–Trinajstić information content (AvgIpc) is 2.99. The Hall–Kier alpha value is -2.07. The Bertz CT molecular complexity index is 823. The van der Waals surface area contributed by atoms with Crippen molar-refractivity contribution >= 4 is 32.7 Å². The number of aromatic nitrogens is 1. The highest BCUT2D eigenvalue weighted by Gasteiger charge is 2.10. The van der Waals surface area contributed by atoms with Crippen LogP contribution < -0.4 is 5.32 Å². The second kappa shape index (κ2) is 7.67. The minimum absolute atomic E-state index is 0.0266. The first-order valence-corrected chi connectivity index (χ1v) is 9.02. The molecule has 3 aromatic rings. The SMILES string of the molecule is CC(NC(=O)CCCc1c[nH]c2ccccc12)c1ccc(Br)cc1. The van der Waals surface area contributed by atoms with Crippen LogP contribution >= 0.6 is 15.9 Å². The Labute approximate surface area is 150 Å². The summed E-state index contributed by atoms with van der Waals surface area (Å²) in [5, 5.41) is 4.32. The first kappa shape index (κ1) is 16.8. The number of hydrogen-bond donors (Lipinski definition) is 2. The van der Waals surface area contributed by atoms with Crippen LogP contribution in [0, 0.1) is 0 Å². The summed E-state index contributed by atoms with van der Waals surface area (Å²) in [5.74, 6) is 0.102. The van der Waals surface area contributed by atoms with E-state index in [0.717, 1.165) is 28.4 Å². The van der Waals surface area contributed by atoms with E-state index in [1.165, 1.54) is 10.9 Å². The molecule has 0 aliphatic carbocycles. The highest BCUT2D eigenvalue weighted by Crippen LogP contribution is 2.20. The zero-order valence-electron chi connectivity index (χ0n) is 13.7. The quantitative estimate of drug-likeness (QED) is 0.607. The van der Waals surface area contributed by atoms with Gasteiger partial charge in [-0.25, -0.2) is 0 Å². The molecule has 24 heavy (non-hydrogen) atoms. The number of rotatable bonds is 6. The number of fused-ring (bicyclic) bond motifs is 1. The summed E-state index contributed by atoms with van der Waals surface area (Å²) in [6.45, 7) is 2.01. The summed E-state index contributed by atoms with van der Waals surface area (Å²) in [4.78, 5) is 15.4. The first-order valence-electron chi connectivity index (χ1n) is 8.23. The van der Waals surface area contributed by atoms with Crippen molar-refractivity contribution in [2.75, 3.05) is 0 Å². The van der Waals surface area contributed by atoms with Crippen LogP contribution in [0.1, 0.15) is 36.9 Å². The number of para-hydroxylation sites is 1. The second-order valence-electron chi connectivity index (χ2n) is 6.05. The predicted octanol–water partition coefficient (Wildman–Crippen LogP) is 5.13. The zero-order chi connectivity index (χ0) is 16.9. The fraction of sp³-hybridized carbons (Fsp3) is 0.250. The van der Waals surface area contributed by atoms with E-state index in [4.69, 9.17) is 0 Å². The summed E-state index contributed by atoms with van der Waals surface area (Å²) in [7, 11) is 0. The molecule has 0 aliphatic rings. The molecule has 3 rings (SSSR count). The van der Waals surface area contributed by atoms with Gasteiger partial charge in [0, 0.05) is 28.0 Å². The zero-order valence-corrected chi connectivity index (χ0v) is 15.3. The van der Waals surface area contributed by atoms with Crippen molar-refractivity contribution < 1.29 is 4.79 Å². The van der Waals surface area contributed by atoms with Gasteiger partial charge in [0.05, 0.1) is 6.04 Å². The largest absolute Gasteiger partial charge is 0.361 e. The normalized spacial score (nSPS) is 12.2. The van der Waals surface area contributed by atoms with Gasteiger partial charge in [0.15, 0.2) is 0 Å². The lowest BCUT2D eigenvalue weighted by molar-refractivity contribution is -0.121. The van der Waals surface area contributed by atoms with Crippen molar-refractivity contribution in [1.29, 1.82) is 0 Å². The number of H-pyrrole nitrogens is 1. The van der Waals surface area contributed by atoms with Crippen molar-refractivity contribution in [2.45, 2.75) is 32.2 Å².